The van der Waals surface area contributed by atoms with Gasteiger partial charge in [0.2, 0.25) is 0 Å². The SMILES string of the molecule is CC(C)Oc1ccccc1C(O)Cc1c(Cl)cccc1Cl. The molecular formula is C17H18Cl2O2. The highest BCUT2D eigenvalue weighted by Gasteiger charge is 2.17. The number of benzene rings is 2. The second-order valence-electron chi connectivity index (χ2n) is 5.12. The number of para-hydroxylation sites is 1. The smallest absolute Gasteiger partial charge is 0.125 e. The molecule has 0 aliphatic carbocycles. The van der Waals surface area contributed by atoms with E-state index < -0.39 is 6.10 Å². The standard InChI is InChI=1S/C17H18Cl2O2/c1-11(2)21-17-9-4-3-6-12(17)16(20)10-13-14(18)7-5-8-15(13)19/h3-9,11,16,20H,10H2,1-2H3. The zero-order valence-corrected chi connectivity index (χ0v) is 13.5. The fraction of sp³-hybridized carbons (Fsp3) is 0.294. The fourth-order valence-electron chi connectivity index (χ4n) is 2.15. The van der Waals surface area contributed by atoms with Crippen LogP contribution in [0.2, 0.25) is 10.0 Å². The van der Waals surface area contributed by atoms with Crippen molar-refractivity contribution in [3.05, 3.63) is 63.6 Å². The van der Waals surface area contributed by atoms with Gasteiger partial charge in [-0.05, 0) is 37.6 Å². The summed E-state index contributed by atoms with van der Waals surface area (Å²) in [6, 6.07) is 12.8. The number of aliphatic hydroxyl groups is 1. The van der Waals surface area contributed by atoms with Gasteiger partial charge in [0.05, 0.1) is 12.2 Å². The quantitative estimate of drug-likeness (QED) is 0.833. The van der Waals surface area contributed by atoms with Crippen LogP contribution in [0.4, 0.5) is 0 Å². The van der Waals surface area contributed by atoms with E-state index in [0.717, 1.165) is 11.1 Å². The van der Waals surface area contributed by atoms with E-state index in [9.17, 15) is 5.11 Å². The Kier molecular flexibility index (Phi) is 5.51. The largest absolute Gasteiger partial charge is 0.491 e. The minimum Gasteiger partial charge on any atom is -0.491 e. The van der Waals surface area contributed by atoms with Crippen LogP contribution < -0.4 is 4.74 Å². The van der Waals surface area contributed by atoms with Gasteiger partial charge in [-0.1, -0.05) is 47.5 Å². The Labute approximate surface area is 135 Å². The summed E-state index contributed by atoms with van der Waals surface area (Å²) in [5.41, 5.74) is 1.48. The molecule has 0 heterocycles. The molecule has 2 nitrogen and oxygen atoms in total. The first-order valence-corrected chi connectivity index (χ1v) is 7.61. The Hall–Kier alpha value is -1.22. The van der Waals surface area contributed by atoms with Crippen LogP contribution in [0, 0.1) is 0 Å². The van der Waals surface area contributed by atoms with Gasteiger partial charge in [-0.25, -0.2) is 0 Å². The van der Waals surface area contributed by atoms with Crippen molar-refractivity contribution in [2.45, 2.75) is 32.5 Å². The molecule has 21 heavy (non-hydrogen) atoms. The number of ether oxygens (including phenoxy) is 1. The van der Waals surface area contributed by atoms with Crippen LogP contribution >= 0.6 is 23.2 Å². The minimum absolute atomic E-state index is 0.0438. The second-order valence-corrected chi connectivity index (χ2v) is 5.94. The molecule has 2 aromatic rings. The van der Waals surface area contributed by atoms with Crippen LogP contribution in [-0.2, 0) is 6.42 Å². The van der Waals surface area contributed by atoms with Crippen molar-refractivity contribution < 1.29 is 9.84 Å². The minimum atomic E-state index is -0.725. The first kappa shape index (κ1) is 16.2. The third-order valence-corrected chi connectivity index (χ3v) is 3.81. The zero-order chi connectivity index (χ0) is 15.4. The van der Waals surface area contributed by atoms with Crippen LogP contribution in [0.3, 0.4) is 0 Å². The summed E-state index contributed by atoms with van der Waals surface area (Å²) in [6.07, 6.45) is -0.337. The Morgan fingerprint density at radius 3 is 2.24 bits per heavy atom. The molecule has 112 valence electrons. The van der Waals surface area contributed by atoms with E-state index in [-0.39, 0.29) is 6.10 Å². The molecule has 1 unspecified atom stereocenters. The van der Waals surface area contributed by atoms with Crippen molar-refractivity contribution in [1.29, 1.82) is 0 Å². The van der Waals surface area contributed by atoms with Gasteiger partial charge in [0.25, 0.3) is 0 Å². The third kappa shape index (κ3) is 4.13. The van der Waals surface area contributed by atoms with E-state index in [1.165, 1.54) is 0 Å². The van der Waals surface area contributed by atoms with Crippen LogP contribution in [0.5, 0.6) is 5.75 Å². The van der Waals surface area contributed by atoms with Gasteiger partial charge in [0.1, 0.15) is 5.75 Å². The Morgan fingerprint density at radius 2 is 1.62 bits per heavy atom. The van der Waals surface area contributed by atoms with Crippen LogP contribution in [-0.4, -0.2) is 11.2 Å². The van der Waals surface area contributed by atoms with Crippen LogP contribution in [0.25, 0.3) is 0 Å². The molecule has 0 aliphatic heterocycles. The summed E-state index contributed by atoms with van der Waals surface area (Å²) in [6.45, 7) is 3.90. The van der Waals surface area contributed by atoms with Gasteiger partial charge >= 0.3 is 0 Å². The number of rotatable bonds is 5. The molecule has 2 aromatic carbocycles. The predicted octanol–water partition coefficient (Wildman–Crippen LogP) is 5.06. The van der Waals surface area contributed by atoms with Gasteiger partial charge in [-0.2, -0.15) is 0 Å². The average molecular weight is 325 g/mol. The van der Waals surface area contributed by atoms with Gasteiger partial charge in [0.15, 0.2) is 0 Å². The Morgan fingerprint density at radius 1 is 1.00 bits per heavy atom. The normalized spacial score (nSPS) is 12.5. The van der Waals surface area contributed by atoms with Crippen molar-refractivity contribution >= 4 is 23.2 Å². The molecule has 0 bridgehead atoms. The van der Waals surface area contributed by atoms with Gasteiger partial charge in [0, 0.05) is 22.0 Å². The van der Waals surface area contributed by atoms with E-state index in [0.29, 0.717) is 22.2 Å². The van der Waals surface area contributed by atoms with Crippen LogP contribution in [0.15, 0.2) is 42.5 Å². The van der Waals surface area contributed by atoms with E-state index in [4.69, 9.17) is 27.9 Å². The molecule has 0 aliphatic rings. The van der Waals surface area contributed by atoms with Crippen molar-refractivity contribution in [3.8, 4) is 5.75 Å². The van der Waals surface area contributed by atoms with Crippen molar-refractivity contribution in [1.82, 2.24) is 0 Å². The maximum Gasteiger partial charge on any atom is 0.125 e. The highest BCUT2D eigenvalue weighted by Crippen LogP contribution is 2.32. The number of hydrogen-bond acceptors (Lipinski definition) is 2. The average Bonchev–Trinajstić information content (AvgIpc) is 2.43. The monoisotopic (exact) mass is 324 g/mol. The number of aliphatic hydroxyl groups excluding tert-OH is 1. The lowest BCUT2D eigenvalue weighted by Crippen LogP contribution is -2.10. The molecule has 1 N–H and O–H groups in total. The van der Waals surface area contributed by atoms with E-state index in [1.54, 1.807) is 18.2 Å². The lowest BCUT2D eigenvalue weighted by molar-refractivity contribution is 0.166. The molecule has 0 amide bonds. The second kappa shape index (κ2) is 7.17. The molecule has 0 aromatic heterocycles. The number of halogens is 2. The molecule has 1 atom stereocenters. The predicted molar refractivity (Wildman–Crippen MR) is 87.3 cm³/mol. The first-order valence-electron chi connectivity index (χ1n) is 6.85. The maximum atomic E-state index is 10.5. The van der Waals surface area contributed by atoms with Crippen molar-refractivity contribution in [3.63, 3.8) is 0 Å². The summed E-state index contributed by atoms with van der Waals surface area (Å²) >= 11 is 12.3. The van der Waals surface area contributed by atoms with Crippen molar-refractivity contribution in [2.24, 2.45) is 0 Å². The molecular weight excluding hydrogens is 307 g/mol. The lowest BCUT2D eigenvalue weighted by Gasteiger charge is -2.19. The molecule has 2 rings (SSSR count). The van der Waals surface area contributed by atoms with E-state index >= 15 is 0 Å². The maximum absolute atomic E-state index is 10.5. The summed E-state index contributed by atoms with van der Waals surface area (Å²) < 4.78 is 5.74. The highest BCUT2D eigenvalue weighted by molar-refractivity contribution is 6.36. The first-order chi connectivity index (χ1) is 9.99. The molecule has 0 saturated heterocycles. The molecule has 4 heteroatoms. The molecule has 0 fully saturated rings. The van der Waals surface area contributed by atoms with Gasteiger partial charge in [-0.15, -0.1) is 0 Å². The highest BCUT2D eigenvalue weighted by atomic mass is 35.5. The van der Waals surface area contributed by atoms with Gasteiger partial charge < -0.3 is 9.84 Å². The van der Waals surface area contributed by atoms with E-state index in [2.05, 4.69) is 0 Å². The summed E-state index contributed by atoms with van der Waals surface area (Å²) in [7, 11) is 0. The summed E-state index contributed by atoms with van der Waals surface area (Å²) in [5.74, 6) is 0.683. The van der Waals surface area contributed by atoms with Gasteiger partial charge in [-0.3, -0.25) is 0 Å². The topological polar surface area (TPSA) is 29.5 Å². The molecule has 0 radical (unpaired) electrons. The zero-order valence-electron chi connectivity index (χ0n) is 12.0. The lowest BCUT2D eigenvalue weighted by atomic mass is 10.0. The van der Waals surface area contributed by atoms with Crippen molar-refractivity contribution in [2.75, 3.05) is 0 Å². The third-order valence-electron chi connectivity index (χ3n) is 3.10. The Bertz CT molecular complexity index is 591. The molecule has 0 spiro atoms. The van der Waals surface area contributed by atoms with Crippen LogP contribution in [0.1, 0.15) is 31.1 Å². The summed E-state index contributed by atoms with van der Waals surface area (Å²) in [4.78, 5) is 0. The number of hydrogen-bond donors (Lipinski definition) is 1. The van der Waals surface area contributed by atoms with E-state index in [1.807, 2.05) is 38.1 Å². The molecule has 0 saturated carbocycles. The fourth-order valence-corrected chi connectivity index (χ4v) is 2.70. The summed E-state index contributed by atoms with van der Waals surface area (Å²) in [5, 5.41) is 11.6. The Balaban J connectivity index is 2.26.